The van der Waals surface area contributed by atoms with Crippen LogP contribution >= 0.6 is 0 Å². The fourth-order valence-electron chi connectivity index (χ4n) is 1.94. The molecule has 0 aromatic heterocycles. The van der Waals surface area contributed by atoms with Crippen molar-refractivity contribution < 1.29 is 24.2 Å². The lowest BCUT2D eigenvalue weighted by atomic mass is 9.98. The van der Waals surface area contributed by atoms with Crippen LogP contribution in [0.1, 0.15) is 41.0 Å². The molecule has 0 spiro atoms. The van der Waals surface area contributed by atoms with Crippen LogP contribution in [0.15, 0.2) is 0 Å². The van der Waals surface area contributed by atoms with E-state index in [1.165, 1.54) is 7.11 Å². The van der Waals surface area contributed by atoms with E-state index in [-0.39, 0.29) is 18.6 Å². The lowest BCUT2D eigenvalue weighted by Crippen LogP contribution is -2.48. The third-order valence-electron chi connectivity index (χ3n) is 3.27. The molecule has 0 aromatic rings. The zero-order valence-corrected chi connectivity index (χ0v) is 14.4. The van der Waals surface area contributed by atoms with Gasteiger partial charge in [-0.2, -0.15) is 0 Å². The van der Waals surface area contributed by atoms with Gasteiger partial charge in [-0.25, -0.2) is 4.79 Å². The highest BCUT2D eigenvalue weighted by atomic mass is 16.6. The van der Waals surface area contributed by atoms with Gasteiger partial charge in [0.15, 0.2) is 0 Å². The van der Waals surface area contributed by atoms with E-state index < -0.39 is 23.7 Å². The van der Waals surface area contributed by atoms with Crippen LogP contribution in [0.4, 0.5) is 4.79 Å². The predicted octanol–water partition coefficient (Wildman–Crippen LogP) is 1.05. The van der Waals surface area contributed by atoms with Crippen LogP contribution in [0.2, 0.25) is 0 Å². The number of amides is 1. The van der Waals surface area contributed by atoms with Gasteiger partial charge in [0.1, 0.15) is 11.6 Å². The summed E-state index contributed by atoms with van der Waals surface area (Å²) in [6.07, 6.45) is 0.327. The van der Waals surface area contributed by atoms with Gasteiger partial charge in [-0.1, -0.05) is 13.3 Å². The second-order valence-electron chi connectivity index (χ2n) is 6.27. The highest BCUT2D eigenvalue weighted by Gasteiger charge is 2.24. The maximum Gasteiger partial charge on any atom is 0.407 e. The summed E-state index contributed by atoms with van der Waals surface area (Å²) in [5.41, 5.74) is -0.545. The molecule has 0 bridgehead atoms. The summed E-state index contributed by atoms with van der Waals surface area (Å²) in [4.78, 5) is 23.2. The van der Waals surface area contributed by atoms with Gasteiger partial charge in [0.05, 0.1) is 13.7 Å². The summed E-state index contributed by atoms with van der Waals surface area (Å²) < 4.78 is 9.82. The normalized spacial score (nSPS) is 15.6. The largest absolute Gasteiger partial charge is 0.468 e. The second kappa shape index (κ2) is 9.63. The molecule has 3 unspecified atom stereocenters. The molecule has 0 aromatic carbocycles. The number of rotatable bonds is 8. The van der Waals surface area contributed by atoms with Crippen molar-refractivity contribution in [1.29, 1.82) is 0 Å². The number of ether oxygens (including phenoxy) is 2. The molecule has 0 rings (SSSR count). The van der Waals surface area contributed by atoms with Crippen LogP contribution in [0.5, 0.6) is 0 Å². The summed E-state index contributed by atoms with van der Waals surface area (Å²) in [6.45, 7) is 9.41. The van der Waals surface area contributed by atoms with Gasteiger partial charge < -0.3 is 25.2 Å². The van der Waals surface area contributed by atoms with E-state index in [2.05, 4.69) is 15.4 Å². The maximum absolute atomic E-state index is 11.8. The molecule has 3 N–H and O–H groups in total. The topological polar surface area (TPSA) is 96.9 Å². The van der Waals surface area contributed by atoms with Crippen molar-refractivity contribution in [2.45, 2.75) is 58.7 Å². The number of carbonyl (C=O) groups excluding carboxylic acids is 2. The standard InChI is InChI=1S/C15H30N2O5/c1-7-11(8-16-12(9-18)13(19)21-6)10(2)17-14(20)22-15(3,4)5/h10-12,16,18H,7-9H2,1-6H3,(H,17,20). The summed E-state index contributed by atoms with van der Waals surface area (Å²) in [7, 11) is 1.27. The first kappa shape index (κ1) is 20.7. The molecule has 0 aliphatic heterocycles. The number of nitrogens with one attached hydrogen (secondary N) is 2. The molecule has 0 saturated carbocycles. The van der Waals surface area contributed by atoms with Gasteiger partial charge in [0.25, 0.3) is 0 Å². The minimum Gasteiger partial charge on any atom is -0.468 e. The average molecular weight is 318 g/mol. The van der Waals surface area contributed by atoms with Crippen LogP contribution in [-0.2, 0) is 14.3 Å². The van der Waals surface area contributed by atoms with Crippen molar-refractivity contribution in [2.24, 2.45) is 5.92 Å². The van der Waals surface area contributed by atoms with Crippen LogP contribution in [-0.4, -0.2) is 55.1 Å². The Kier molecular flexibility index (Phi) is 9.04. The Morgan fingerprint density at radius 3 is 2.27 bits per heavy atom. The Labute approximate surface area is 132 Å². The summed E-state index contributed by atoms with van der Waals surface area (Å²) in [6, 6.07) is -0.892. The van der Waals surface area contributed by atoms with Gasteiger partial charge in [0.2, 0.25) is 0 Å². The van der Waals surface area contributed by atoms with Crippen LogP contribution in [0.3, 0.4) is 0 Å². The highest BCUT2D eigenvalue weighted by molar-refractivity contribution is 5.75. The van der Waals surface area contributed by atoms with Crippen molar-refractivity contribution in [1.82, 2.24) is 10.6 Å². The molecule has 7 heteroatoms. The van der Waals surface area contributed by atoms with Gasteiger partial charge in [-0.15, -0.1) is 0 Å². The van der Waals surface area contributed by atoms with Crippen LogP contribution < -0.4 is 10.6 Å². The van der Waals surface area contributed by atoms with Gasteiger partial charge in [-0.3, -0.25) is 4.79 Å². The molecule has 1 amide bonds. The second-order valence-corrected chi connectivity index (χ2v) is 6.27. The number of carbonyl (C=O) groups is 2. The fourth-order valence-corrected chi connectivity index (χ4v) is 1.94. The van der Waals surface area contributed by atoms with E-state index in [9.17, 15) is 14.7 Å². The van der Waals surface area contributed by atoms with Gasteiger partial charge >= 0.3 is 12.1 Å². The Morgan fingerprint density at radius 2 is 1.86 bits per heavy atom. The van der Waals surface area contributed by atoms with Gasteiger partial charge in [-0.05, 0) is 33.6 Å². The van der Waals surface area contributed by atoms with Crippen molar-refractivity contribution >= 4 is 12.1 Å². The first-order valence-corrected chi connectivity index (χ1v) is 7.56. The monoisotopic (exact) mass is 318 g/mol. The molecular weight excluding hydrogens is 288 g/mol. The lowest BCUT2D eigenvalue weighted by molar-refractivity contribution is -0.144. The van der Waals surface area contributed by atoms with E-state index in [0.29, 0.717) is 6.54 Å². The van der Waals surface area contributed by atoms with Crippen molar-refractivity contribution in [2.75, 3.05) is 20.3 Å². The minimum atomic E-state index is -0.757. The molecule has 0 fully saturated rings. The molecule has 130 valence electrons. The summed E-state index contributed by atoms with van der Waals surface area (Å²) in [5.74, 6) is -0.420. The smallest absolute Gasteiger partial charge is 0.407 e. The zero-order valence-electron chi connectivity index (χ0n) is 14.4. The first-order chi connectivity index (χ1) is 10.1. The van der Waals surface area contributed by atoms with Crippen molar-refractivity contribution in [3.05, 3.63) is 0 Å². The van der Waals surface area contributed by atoms with Crippen LogP contribution in [0.25, 0.3) is 0 Å². The van der Waals surface area contributed by atoms with E-state index in [1.54, 1.807) is 20.8 Å². The molecule has 22 heavy (non-hydrogen) atoms. The number of hydrogen-bond acceptors (Lipinski definition) is 6. The number of aliphatic hydroxyl groups is 1. The first-order valence-electron chi connectivity index (χ1n) is 7.56. The lowest BCUT2D eigenvalue weighted by Gasteiger charge is -2.27. The fraction of sp³-hybridized carbons (Fsp3) is 0.867. The molecule has 7 nitrogen and oxygen atoms in total. The number of alkyl carbamates (subject to hydrolysis) is 1. The third-order valence-corrected chi connectivity index (χ3v) is 3.27. The number of aliphatic hydroxyl groups excluding tert-OH is 1. The number of methoxy groups -OCH3 is 1. The number of esters is 1. The Morgan fingerprint density at radius 1 is 1.27 bits per heavy atom. The van der Waals surface area contributed by atoms with Crippen molar-refractivity contribution in [3.8, 4) is 0 Å². The molecule has 0 heterocycles. The van der Waals surface area contributed by atoms with Gasteiger partial charge in [0, 0.05) is 12.6 Å². The van der Waals surface area contributed by atoms with E-state index >= 15 is 0 Å². The minimum absolute atomic E-state index is 0.0891. The highest BCUT2D eigenvalue weighted by Crippen LogP contribution is 2.11. The van der Waals surface area contributed by atoms with E-state index in [1.807, 2.05) is 13.8 Å². The predicted molar refractivity (Wildman–Crippen MR) is 83.5 cm³/mol. The maximum atomic E-state index is 11.8. The third kappa shape index (κ3) is 8.19. The Balaban J connectivity index is 4.44. The molecule has 0 radical (unpaired) electrons. The molecule has 0 aliphatic carbocycles. The van der Waals surface area contributed by atoms with Crippen molar-refractivity contribution in [3.63, 3.8) is 0 Å². The average Bonchev–Trinajstić information content (AvgIpc) is 2.40. The molecule has 0 aliphatic rings. The van der Waals surface area contributed by atoms with E-state index in [0.717, 1.165) is 6.42 Å². The quantitative estimate of drug-likeness (QED) is 0.579. The van der Waals surface area contributed by atoms with Crippen LogP contribution in [0, 0.1) is 5.92 Å². The summed E-state index contributed by atoms with van der Waals surface area (Å²) in [5, 5.41) is 14.9. The Bertz CT molecular complexity index is 354. The molecular formula is C15H30N2O5. The Hall–Kier alpha value is -1.34. The summed E-state index contributed by atoms with van der Waals surface area (Å²) >= 11 is 0. The number of hydrogen-bond donors (Lipinski definition) is 3. The zero-order chi connectivity index (χ0) is 17.3. The molecule has 3 atom stereocenters. The molecule has 0 saturated heterocycles. The SMILES string of the molecule is CCC(CNC(CO)C(=O)OC)C(C)NC(=O)OC(C)(C)C. The van der Waals surface area contributed by atoms with E-state index in [4.69, 9.17) is 4.74 Å².